The molecule has 0 saturated heterocycles. The summed E-state index contributed by atoms with van der Waals surface area (Å²) >= 11 is 0. The van der Waals surface area contributed by atoms with Crippen molar-refractivity contribution in [2.45, 2.75) is 19.9 Å². The molecule has 0 aromatic heterocycles. The van der Waals surface area contributed by atoms with E-state index < -0.39 is 0 Å². The molecule has 3 aliphatic rings. The topological polar surface area (TPSA) is 21.6 Å². The van der Waals surface area contributed by atoms with Crippen LogP contribution in [0.3, 0.4) is 0 Å². The first-order valence-electron chi connectivity index (χ1n) is 6.28. The molecular formula is C16H18FeLiNO+2. The second-order valence-corrected chi connectivity index (χ2v) is 4.60. The molecule has 0 spiro atoms. The third-order valence-corrected chi connectivity index (χ3v) is 2.83. The van der Waals surface area contributed by atoms with Crippen LogP contribution < -0.4 is 18.9 Å². The van der Waals surface area contributed by atoms with Gasteiger partial charge in [0.25, 0.3) is 0 Å². The summed E-state index contributed by atoms with van der Waals surface area (Å²) in [5, 5.41) is 0. The molecule has 0 amide bonds. The summed E-state index contributed by atoms with van der Waals surface area (Å²) in [6.07, 6.45) is 18.9. The SMILES string of the molecule is CC(C)[C@H]1COC([C]2[C-][CH][CH][CH]2)=N1.[CH]1[CH][CH][CH][CH]1.[Fe+2].[Li+]. The molecule has 1 atom stereocenters. The van der Waals surface area contributed by atoms with Crippen LogP contribution in [-0.4, -0.2) is 18.5 Å². The quantitative estimate of drug-likeness (QED) is 0.509. The van der Waals surface area contributed by atoms with Crippen molar-refractivity contribution in [1.82, 2.24) is 0 Å². The van der Waals surface area contributed by atoms with E-state index in [0.29, 0.717) is 18.6 Å². The van der Waals surface area contributed by atoms with Crippen molar-refractivity contribution >= 4 is 5.90 Å². The molecule has 0 unspecified atom stereocenters. The average molecular weight is 303 g/mol. The van der Waals surface area contributed by atoms with Gasteiger partial charge < -0.3 is 11.2 Å². The van der Waals surface area contributed by atoms with Gasteiger partial charge in [0.2, 0.25) is 0 Å². The zero-order valence-electron chi connectivity index (χ0n) is 12.2. The van der Waals surface area contributed by atoms with E-state index in [1.807, 2.05) is 51.4 Å². The molecule has 0 N–H and O–H groups in total. The van der Waals surface area contributed by atoms with Gasteiger partial charge in [-0.05, 0) is 38.0 Å². The molecule has 0 bridgehead atoms. The van der Waals surface area contributed by atoms with Gasteiger partial charge in [0.05, 0.1) is 6.04 Å². The normalized spacial score (nSPS) is 25.1. The van der Waals surface area contributed by atoms with Gasteiger partial charge in [0.1, 0.15) is 6.61 Å². The number of nitrogens with zero attached hydrogens (tertiary/aromatic N) is 1. The summed E-state index contributed by atoms with van der Waals surface area (Å²) in [5.41, 5.74) is 0. The fourth-order valence-electron chi connectivity index (χ4n) is 1.66. The predicted octanol–water partition coefficient (Wildman–Crippen LogP) is -0.255. The van der Waals surface area contributed by atoms with Crippen LogP contribution in [0.5, 0.6) is 0 Å². The van der Waals surface area contributed by atoms with E-state index in [1.165, 1.54) is 0 Å². The summed E-state index contributed by atoms with van der Waals surface area (Å²) in [5.74, 6) is 2.28. The fourth-order valence-corrected chi connectivity index (χ4v) is 1.66. The van der Waals surface area contributed by atoms with Crippen LogP contribution in [-0.2, 0) is 21.8 Å². The Morgan fingerprint density at radius 1 is 1.15 bits per heavy atom. The summed E-state index contributed by atoms with van der Waals surface area (Å²) in [6, 6.07) is 0.318. The van der Waals surface area contributed by atoms with Crippen LogP contribution in [0, 0.1) is 69.6 Å². The van der Waals surface area contributed by atoms with E-state index in [-0.39, 0.29) is 35.9 Å². The Morgan fingerprint density at radius 2 is 1.75 bits per heavy atom. The van der Waals surface area contributed by atoms with Gasteiger partial charge in [0.15, 0.2) is 5.90 Å². The van der Waals surface area contributed by atoms with Crippen molar-refractivity contribution in [1.29, 1.82) is 0 Å². The Labute approximate surface area is 147 Å². The molecule has 2 aliphatic carbocycles. The Hall–Kier alpha value is 0.587. The van der Waals surface area contributed by atoms with E-state index in [0.717, 1.165) is 11.8 Å². The first kappa shape index (κ1) is 20.6. The second-order valence-electron chi connectivity index (χ2n) is 4.60. The van der Waals surface area contributed by atoms with Crippen LogP contribution in [0.15, 0.2) is 4.99 Å². The van der Waals surface area contributed by atoms with Crippen molar-refractivity contribution in [3.8, 4) is 0 Å². The molecule has 0 aromatic rings. The molecule has 1 aliphatic heterocycles. The molecule has 0 aromatic carbocycles. The van der Waals surface area contributed by atoms with Crippen LogP contribution in [0.4, 0.5) is 0 Å². The molecule has 2 nitrogen and oxygen atoms in total. The van der Waals surface area contributed by atoms with Crippen LogP contribution in [0.1, 0.15) is 13.8 Å². The molecule has 3 rings (SSSR count). The number of hydrogen-bond donors (Lipinski definition) is 0. The standard InChI is InChI=1S/C11H13NO.C5H5.Fe.Li/c1-8(2)10-7-13-11(12-10)9-5-3-4-6-9;1-2-4-5-3-1;;/h3-5,8,10H,7H2,1-2H3;1-5H;;/q-1;;+2;+1/t10-;;;/m1.../s1. The Balaban J connectivity index is 0.000000443. The van der Waals surface area contributed by atoms with Crippen molar-refractivity contribution in [3.05, 3.63) is 63.7 Å². The zero-order valence-corrected chi connectivity index (χ0v) is 13.3. The van der Waals surface area contributed by atoms with E-state index in [4.69, 9.17) is 4.74 Å². The van der Waals surface area contributed by atoms with Gasteiger partial charge >= 0.3 is 35.9 Å². The molecular weight excluding hydrogens is 285 g/mol. The van der Waals surface area contributed by atoms with Gasteiger partial charge in [-0.25, -0.2) is 6.42 Å². The largest absolute Gasteiger partial charge is 2.00 e. The minimum atomic E-state index is 0. The van der Waals surface area contributed by atoms with E-state index in [1.54, 1.807) is 0 Å². The van der Waals surface area contributed by atoms with E-state index >= 15 is 0 Å². The summed E-state index contributed by atoms with van der Waals surface area (Å²) < 4.78 is 5.49. The zero-order chi connectivity index (χ0) is 12.8. The fraction of sp³-hybridized carbons (Fsp3) is 0.312. The van der Waals surface area contributed by atoms with Crippen molar-refractivity contribution in [2.24, 2.45) is 10.9 Å². The minimum absolute atomic E-state index is 0. The maximum Gasteiger partial charge on any atom is 2.00 e. The van der Waals surface area contributed by atoms with Crippen molar-refractivity contribution < 1.29 is 40.7 Å². The summed E-state index contributed by atoms with van der Waals surface area (Å²) in [6.45, 7) is 5.04. The van der Waals surface area contributed by atoms with Crippen LogP contribution in [0.25, 0.3) is 0 Å². The van der Waals surface area contributed by atoms with Gasteiger partial charge in [-0.15, -0.1) is 5.92 Å². The van der Waals surface area contributed by atoms with Gasteiger partial charge in [-0.1, -0.05) is 26.7 Å². The third kappa shape index (κ3) is 6.57. The first-order chi connectivity index (χ1) is 8.77. The van der Waals surface area contributed by atoms with E-state index in [2.05, 4.69) is 25.3 Å². The second kappa shape index (κ2) is 11.2. The van der Waals surface area contributed by atoms with Crippen LogP contribution in [0.2, 0.25) is 0 Å². The van der Waals surface area contributed by atoms with Crippen molar-refractivity contribution in [2.75, 3.05) is 6.61 Å². The van der Waals surface area contributed by atoms with Gasteiger partial charge in [-0.2, -0.15) is 0 Å². The monoisotopic (exact) mass is 303 g/mol. The van der Waals surface area contributed by atoms with Gasteiger partial charge in [-0.3, -0.25) is 4.99 Å². The third-order valence-electron chi connectivity index (χ3n) is 2.83. The molecule has 2 fully saturated rings. The maximum atomic E-state index is 5.49. The predicted molar refractivity (Wildman–Crippen MR) is 72.9 cm³/mol. The summed E-state index contributed by atoms with van der Waals surface area (Å²) in [4.78, 5) is 4.49. The van der Waals surface area contributed by atoms with Crippen molar-refractivity contribution in [3.63, 3.8) is 0 Å². The molecule has 100 valence electrons. The molecule has 1 heterocycles. The first-order valence-corrected chi connectivity index (χ1v) is 6.28. The number of hydrogen-bond acceptors (Lipinski definition) is 2. The molecule has 4 heteroatoms. The number of rotatable bonds is 2. The van der Waals surface area contributed by atoms with Gasteiger partial charge in [0, 0.05) is 0 Å². The average Bonchev–Trinajstić information content (AvgIpc) is 3.14. The Kier molecular flexibility index (Phi) is 11.5. The van der Waals surface area contributed by atoms with Crippen LogP contribution >= 0.6 is 0 Å². The maximum absolute atomic E-state index is 5.49. The molecule has 20 heavy (non-hydrogen) atoms. The van der Waals surface area contributed by atoms with E-state index in [9.17, 15) is 0 Å². The number of aliphatic imine (C=N–C) groups is 1. The Morgan fingerprint density at radius 3 is 2.15 bits per heavy atom. The molecule has 2 saturated carbocycles. The minimum Gasteiger partial charge on any atom is -0.481 e. The smallest absolute Gasteiger partial charge is 0.481 e. The molecule has 10 radical (unpaired) electrons. The summed E-state index contributed by atoms with van der Waals surface area (Å²) in [7, 11) is 0. The number of ether oxygens (including phenoxy) is 1. The Bertz CT molecular complexity index is 266.